The summed E-state index contributed by atoms with van der Waals surface area (Å²) in [7, 11) is 0. The van der Waals surface area contributed by atoms with Crippen LogP contribution in [0.15, 0.2) is 77.6 Å². The zero-order valence-corrected chi connectivity index (χ0v) is 18.6. The number of benzene rings is 2. The molecule has 2 atom stereocenters. The number of carbonyl (C=O) groups excluding carboxylic acids is 2. The minimum atomic E-state index is -0.463. The zero-order valence-electron chi connectivity index (χ0n) is 18.6. The molecule has 8 nitrogen and oxygen atoms in total. The number of rotatable bonds is 5. The van der Waals surface area contributed by atoms with E-state index in [0.717, 1.165) is 12.1 Å². The van der Waals surface area contributed by atoms with Gasteiger partial charge in [-0.3, -0.25) is 9.59 Å². The Balaban J connectivity index is 1.26. The fourth-order valence-electron chi connectivity index (χ4n) is 4.80. The first kappa shape index (κ1) is 21.8. The number of likely N-dealkylation sites (tertiary alicyclic amines) is 1. The predicted molar refractivity (Wildman–Crippen MR) is 129 cm³/mol. The number of hydrogen-bond donors (Lipinski definition) is 2. The molecule has 3 heterocycles. The Kier molecular flexibility index (Phi) is 6.03. The Bertz CT molecular complexity index is 1240. The number of carbonyl (C=O) groups is 2. The smallest absolute Gasteiger partial charge is 0.323 e. The Hall–Kier alpha value is -4.07. The Morgan fingerprint density at radius 2 is 1.62 bits per heavy atom. The molecule has 2 aromatic carbocycles. The fraction of sp³-hybridized carbons (Fsp3) is 0.269. The lowest BCUT2D eigenvalue weighted by Gasteiger charge is -2.42. The van der Waals surface area contributed by atoms with E-state index in [9.17, 15) is 14.4 Å². The van der Waals surface area contributed by atoms with E-state index >= 15 is 0 Å². The van der Waals surface area contributed by atoms with Crippen molar-refractivity contribution in [2.75, 3.05) is 30.3 Å². The van der Waals surface area contributed by atoms with Gasteiger partial charge in [-0.15, -0.1) is 0 Å². The molecule has 1 saturated heterocycles. The molecule has 174 valence electrons. The number of hydrogen-bond acceptors (Lipinski definition) is 4. The summed E-state index contributed by atoms with van der Waals surface area (Å²) >= 11 is 0. The summed E-state index contributed by atoms with van der Waals surface area (Å²) < 4.78 is 7.38. The van der Waals surface area contributed by atoms with E-state index in [-0.39, 0.29) is 35.6 Å². The second-order valence-corrected chi connectivity index (χ2v) is 8.73. The van der Waals surface area contributed by atoms with Crippen molar-refractivity contribution in [2.24, 2.45) is 5.92 Å². The van der Waals surface area contributed by atoms with Gasteiger partial charge in [0, 0.05) is 36.9 Å². The molecular formula is C26H26N4O4. The van der Waals surface area contributed by atoms with E-state index in [1.807, 2.05) is 59.5 Å². The van der Waals surface area contributed by atoms with Crippen molar-refractivity contribution in [3.63, 3.8) is 0 Å². The molecule has 2 bridgehead atoms. The zero-order chi connectivity index (χ0) is 23.5. The van der Waals surface area contributed by atoms with Crippen LogP contribution >= 0.6 is 0 Å². The summed E-state index contributed by atoms with van der Waals surface area (Å²) in [5, 5.41) is 5.39. The van der Waals surface area contributed by atoms with Gasteiger partial charge in [-0.2, -0.15) is 0 Å². The molecule has 2 aliphatic heterocycles. The number of para-hydroxylation sites is 2. The van der Waals surface area contributed by atoms with Gasteiger partial charge in [0.2, 0.25) is 0 Å². The van der Waals surface area contributed by atoms with E-state index in [2.05, 4.69) is 10.6 Å². The van der Waals surface area contributed by atoms with Gasteiger partial charge in [-0.1, -0.05) is 36.4 Å². The minimum absolute atomic E-state index is 0.00432. The lowest BCUT2D eigenvalue weighted by molar-refractivity contribution is -0.136. The van der Waals surface area contributed by atoms with Gasteiger partial charge < -0.3 is 24.8 Å². The number of piperidine rings is 1. The number of anilines is 2. The summed E-state index contributed by atoms with van der Waals surface area (Å²) in [6, 6.07) is 21.4. The molecule has 0 saturated carbocycles. The van der Waals surface area contributed by atoms with E-state index in [1.54, 1.807) is 22.8 Å². The van der Waals surface area contributed by atoms with Crippen LogP contribution in [0.2, 0.25) is 0 Å². The monoisotopic (exact) mass is 458 g/mol. The average molecular weight is 459 g/mol. The van der Waals surface area contributed by atoms with Crippen LogP contribution in [0.5, 0.6) is 5.75 Å². The maximum absolute atomic E-state index is 13.1. The second kappa shape index (κ2) is 9.43. The molecule has 2 aliphatic rings. The predicted octanol–water partition coefficient (Wildman–Crippen LogP) is 3.52. The highest BCUT2D eigenvalue weighted by Crippen LogP contribution is 2.35. The highest BCUT2D eigenvalue weighted by Gasteiger charge is 2.36. The summed E-state index contributed by atoms with van der Waals surface area (Å²) in [6.07, 6.45) is 0.935. The number of pyridine rings is 1. The summed E-state index contributed by atoms with van der Waals surface area (Å²) in [4.78, 5) is 40.1. The Labute approximate surface area is 197 Å². The molecule has 5 rings (SSSR count). The highest BCUT2D eigenvalue weighted by molar-refractivity contribution is 5.99. The maximum atomic E-state index is 13.1. The van der Waals surface area contributed by atoms with Gasteiger partial charge in [0.1, 0.15) is 11.4 Å². The molecule has 34 heavy (non-hydrogen) atoms. The van der Waals surface area contributed by atoms with Crippen LogP contribution in [0.3, 0.4) is 0 Å². The number of aromatic nitrogens is 1. The molecule has 1 fully saturated rings. The van der Waals surface area contributed by atoms with Crippen molar-refractivity contribution in [1.82, 2.24) is 9.47 Å². The lowest BCUT2D eigenvalue weighted by Crippen LogP contribution is -2.50. The topological polar surface area (TPSA) is 92.7 Å². The summed E-state index contributed by atoms with van der Waals surface area (Å²) in [5.41, 5.74) is 1.56. The lowest BCUT2D eigenvalue weighted by atomic mass is 9.83. The van der Waals surface area contributed by atoms with Crippen LogP contribution in [-0.4, -0.2) is 41.1 Å². The average Bonchev–Trinajstić information content (AvgIpc) is 2.85. The highest BCUT2D eigenvalue weighted by atomic mass is 16.5. The van der Waals surface area contributed by atoms with Crippen LogP contribution in [0.25, 0.3) is 0 Å². The van der Waals surface area contributed by atoms with Crippen LogP contribution in [0.4, 0.5) is 16.2 Å². The number of amides is 3. The molecule has 8 heteroatoms. The van der Waals surface area contributed by atoms with Crippen molar-refractivity contribution < 1.29 is 14.3 Å². The van der Waals surface area contributed by atoms with Crippen molar-refractivity contribution in [2.45, 2.75) is 18.9 Å². The van der Waals surface area contributed by atoms with E-state index in [1.165, 1.54) is 0 Å². The van der Waals surface area contributed by atoms with Gasteiger partial charge in [0.05, 0.1) is 0 Å². The third kappa shape index (κ3) is 4.66. The molecule has 3 aromatic rings. The van der Waals surface area contributed by atoms with Crippen molar-refractivity contribution in [3.8, 4) is 5.75 Å². The molecule has 0 radical (unpaired) electrons. The van der Waals surface area contributed by atoms with Crippen LogP contribution in [-0.2, 0) is 11.3 Å². The van der Waals surface area contributed by atoms with Crippen LogP contribution in [0, 0.1) is 5.92 Å². The van der Waals surface area contributed by atoms with Crippen LogP contribution in [0.1, 0.15) is 18.0 Å². The number of fused-ring (bicyclic) bond motifs is 4. The molecule has 0 spiro atoms. The van der Waals surface area contributed by atoms with Crippen molar-refractivity contribution in [3.05, 3.63) is 88.8 Å². The van der Waals surface area contributed by atoms with Gasteiger partial charge in [-0.05, 0) is 48.7 Å². The van der Waals surface area contributed by atoms with Gasteiger partial charge in [-0.25, -0.2) is 4.79 Å². The second-order valence-electron chi connectivity index (χ2n) is 8.73. The van der Waals surface area contributed by atoms with Gasteiger partial charge >= 0.3 is 6.03 Å². The van der Waals surface area contributed by atoms with E-state index < -0.39 is 6.03 Å². The summed E-state index contributed by atoms with van der Waals surface area (Å²) in [6.45, 7) is 1.65. The first-order valence-electron chi connectivity index (χ1n) is 11.4. The third-order valence-electron chi connectivity index (χ3n) is 6.34. The molecule has 2 N–H and O–H groups in total. The summed E-state index contributed by atoms with van der Waals surface area (Å²) in [5.74, 6) is 0.873. The number of ether oxygens (including phenoxy) is 1. The van der Waals surface area contributed by atoms with E-state index in [4.69, 9.17) is 4.74 Å². The maximum Gasteiger partial charge on any atom is 0.323 e. The van der Waals surface area contributed by atoms with Crippen molar-refractivity contribution in [1.29, 1.82) is 0 Å². The fourth-order valence-corrected chi connectivity index (χ4v) is 4.80. The number of nitrogens with one attached hydrogen (secondary N) is 2. The normalized spacial score (nSPS) is 18.5. The van der Waals surface area contributed by atoms with Gasteiger partial charge in [0.15, 0.2) is 6.61 Å². The largest absolute Gasteiger partial charge is 0.484 e. The van der Waals surface area contributed by atoms with E-state index in [0.29, 0.717) is 31.1 Å². The number of urea groups is 1. The Morgan fingerprint density at radius 1 is 0.882 bits per heavy atom. The molecule has 3 amide bonds. The van der Waals surface area contributed by atoms with Crippen molar-refractivity contribution >= 4 is 23.3 Å². The molecule has 1 aromatic heterocycles. The third-order valence-corrected chi connectivity index (χ3v) is 6.34. The first-order valence-corrected chi connectivity index (χ1v) is 11.4. The number of nitrogens with zero attached hydrogens (tertiary/aromatic N) is 2. The quantitative estimate of drug-likeness (QED) is 0.612. The standard InChI is InChI=1S/C26H26N4O4/c31-24(17-34-21-9-5-2-6-10-21)29-14-18-13-19(16-29)23-12-11-22(25(32)30(23)15-18)28-26(33)27-20-7-3-1-4-8-20/h1-12,18-19H,13-17H2,(H2,27,28,33)/t18-,19+/m0/s1. The molecule has 0 unspecified atom stereocenters. The SMILES string of the molecule is O=C(Nc1ccccc1)Nc1ccc2n(c1=O)C[C@H]1C[C@@H]2CN(C(=O)COc2ccccc2)C1. The Morgan fingerprint density at radius 3 is 2.38 bits per heavy atom. The van der Waals surface area contributed by atoms with Gasteiger partial charge in [0.25, 0.3) is 11.5 Å². The molecule has 0 aliphatic carbocycles. The first-order chi connectivity index (χ1) is 16.6. The molecular weight excluding hydrogens is 432 g/mol. The van der Waals surface area contributed by atoms with Crippen LogP contribution < -0.4 is 20.9 Å². The minimum Gasteiger partial charge on any atom is -0.484 e.